The van der Waals surface area contributed by atoms with Gasteiger partial charge in [-0.1, -0.05) is 18.5 Å². The van der Waals surface area contributed by atoms with Crippen LogP contribution in [0, 0.1) is 11.3 Å². The van der Waals surface area contributed by atoms with Gasteiger partial charge in [0.05, 0.1) is 11.3 Å². The van der Waals surface area contributed by atoms with Crippen molar-refractivity contribution in [3.05, 3.63) is 28.8 Å². The molecule has 22 heavy (non-hydrogen) atoms. The second-order valence-corrected chi connectivity index (χ2v) is 6.57. The van der Waals surface area contributed by atoms with Crippen molar-refractivity contribution in [1.29, 1.82) is 5.26 Å². The number of nitrogens with zero attached hydrogens (tertiary/aromatic N) is 4. The minimum atomic E-state index is 0.601. The number of hydrogen-bond acceptors (Lipinski definition) is 4. The molecular weight excluding hydrogens is 296 g/mol. The van der Waals surface area contributed by atoms with Crippen molar-refractivity contribution in [3.8, 4) is 6.07 Å². The highest BCUT2D eigenvalue weighted by molar-refractivity contribution is 6.30. The van der Waals surface area contributed by atoms with Crippen molar-refractivity contribution in [2.75, 3.05) is 50.7 Å². The average molecular weight is 319 g/mol. The molecule has 2 heterocycles. The molecule has 1 atom stereocenters. The molecule has 1 aromatic carbocycles. The van der Waals surface area contributed by atoms with Crippen LogP contribution in [0.3, 0.4) is 0 Å². The van der Waals surface area contributed by atoms with Crippen LogP contribution >= 0.6 is 11.6 Å². The summed E-state index contributed by atoms with van der Waals surface area (Å²) in [4.78, 5) is 7.44. The first-order valence-electron chi connectivity index (χ1n) is 8.12. The second-order valence-electron chi connectivity index (χ2n) is 6.13. The monoisotopic (exact) mass is 318 g/mol. The van der Waals surface area contributed by atoms with Gasteiger partial charge in [-0.2, -0.15) is 5.26 Å². The van der Waals surface area contributed by atoms with Crippen LogP contribution in [0.15, 0.2) is 18.2 Å². The third-order valence-corrected chi connectivity index (χ3v) is 5.19. The summed E-state index contributed by atoms with van der Waals surface area (Å²) < 4.78 is 0. The first kappa shape index (κ1) is 15.6. The van der Waals surface area contributed by atoms with Crippen molar-refractivity contribution >= 4 is 17.3 Å². The number of rotatable bonds is 3. The molecule has 0 aliphatic carbocycles. The number of likely N-dealkylation sites (N-methyl/N-ethyl adjacent to an activating group) is 1. The molecule has 0 spiro atoms. The standard InChI is InChI=1S/C17H23ClN4/c1-2-20-7-9-21(10-8-20)16-5-6-22(13-16)17-11-15(18)4-3-14(17)12-19/h3-4,11,16H,2,5-10,13H2,1H3. The van der Waals surface area contributed by atoms with E-state index in [0.29, 0.717) is 11.1 Å². The first-order chi connectivity index (χ1) is 10.7. The van der Waals surface area contributed by atoms with E-state index in [1.54, 1.807) is 6.07 Å². The quantitative estimate of drug-likeness (QED) is 0.857. The van der Waals surface area contributed by atoms with Crippen LogP contribution in [0.25, 0.3) is 0 Å². The largest absolute Gasteiger partial charge is 0.369 e. The van der Waals surface area contributed by atoms with Crippen molar-refractivity contribution in [2.24, 2.45) is 0 Å². The highest BCUT2D eigenvalue weighted by Gasteiger charge is 2.30. The minimum absolute atomic E-state index is 0.601. The van der Waals surface area contributed by atoms with E-state index < -0.39 is 0 Å². The molecule has 118 valence electrons. The average Bonchev–Trinajstić information content (AvgIpc) is 3.04. The summed E-state index contributed by atoms with van der Waals surface area (Å²) in [5.41, 5.74) is 1.71. The normalized spacial score (nSPS) is 23.7. The van der Waals surface area contributed by atoms with Gasteiger partial charge in [-0.3, -0.25) is 4.90 Å². The number of piperazine rings is 1. The fraction of sp³-hybridized carbons (Fsp3) is 0.588. The van der Waals surface area contributed by atoms with Gasteiger partial charge >= 0.3 is 0 Å². The Bertz CT molecular complexity index is 560. The maximum Gasteiger partial charge on any atom is 0.101 e. The maximum atomic E-state index is 9.30. The van der Waals surface area contributed by atoms with Crippen molar-refractivity contribution in [2.45, 2.75) is 19.4 Å². The number of nitriles is 1. The van der Waals surface area contributed by atoms with Gasteiger partial charge < -0.3 is 9.80 Å². The van der Waals surface area contributed by atoms with E-state index in [2.05, 4.69) is 27.7 Å². The van der Waals surface area contributed by atoms with E-state index in [-0.39, 0.29) is 0 Å². The number of anilines is 1. The van der Waals surface area contributed by atoms with E-state index in [0.717, 1.165) is 44.0 Å². The van der Waals surface area contributed by atoms with Gasteiger partial charge in [-0.05, 0) is 31.2 Å². The van der Waals surface area contributed by atoms with Crippen LogP contribution in [0.1, 0.15) is 18.9 Å². The van der Waals surface area contributed by atoms with Gasteiger partial charge in [0, 0.05) is 50.3 Å². The Hall–Kier alpha value is -1.28. The van der Waals surface area contributed by atoms with Gasteiger partial charge in [-0.25, -0.2) is 0 Å². The SMILES string of the molecule is CCN1CCN(C2CCN(c3cc(Cl)ccc3C#N)C2)CC1. The summed E-state index contributed by atoms with van der Waals surface area (Å²) >= 11 is 6.12. The van der Waals surface area contributed by atoms with Gasteiger partial charge in [0.2, 0.25) is 0 Å². The zero-order chi connectivity index (χ0) is 15.5. The highest BCUT2D eigenvalue weighted by Crippen LogP contribution is 2.29. The highest BCUT2D eigenvalue weighted by atomic mass is 35.5. The first-order valence-corrected chi connectivity index (χ1v) is 8.50. The zero-order valence-electron chi connectivity index (χ0n) is 13.1. The molecule has 0 aromatic heterocycles. The predicted molar refractivity (Wildman–Crippen MR) is 90.5 cm³/mol. The molecule has 0 N–H and O–H groups in total. The second kappa shape index (κ2) is 6.87. The van der Waals surface area contributed by atoms with Gasteiger partial charge in [-0.15, -0.1) is 0 Å². The Morgan fingerprint density at radius 2 is 2.00 bits per heavy atom. The van der Waals surface area contributed by atoms with E-state index in [1.807, 2.05) is 12.1 Å². The van der Waals surface area contributed by atoms with Crippen molar-refractivity contribution in [3.63, 3.8) is 0 Å². The minimum Gasteiger partial charge on any atom is -0.369 e. The number of benzene rings is 1. The Kier molecular flexibility index (Phi) is 4.87. The molecule has 2 aliphatic rings. The van der Waals surface area contributed by atoms with Crippen molar-refractivity contribution < 1.29 is 0 Å². The van der Waals surface area contributed by atoms with E-state index in [1.165, 1.54) is 19.5 Å². The lowest BCUT2D eigenvalue weighted by Crippen LogP contribution is -2.50. The lowest BCUT2D eigenvalue weighted by atomic mass is 10.1. The maximum absolute atomic E-state index is 9.30. The fourth-order valence-corrected chi connectivity index (χ4v) is 3.73. The topological polar surface area (TPSA) is 33.5 Å². The molecule has 0 bridgehead atoms. The van der Waals surface area contributed by atoms with Crippen LogP contribution in [-0.2, 0) is 0 Å². The Morgan fingerprint density at radius 1 is 1.23 bits per heavy atom. The molecule has 0 amide bonds. The van der Waals surface area contributed by atoms with E-state index in [9.17, 15) is 5.26 Å². The van der Waals surface area contributed by atoms with E-state index >= 15 is 0 Å². The van der Waals surface area contributed by atoms with Crippen LogP contribution in [0.4, 0.5) is 5.69 Å². The van der Waals surface area contributed by atoms with Gasteiger partial charge in [0.1, 0.15) is 6.07 Å². The van der Waals surface area contributed by atoms with Crippen LogP contribution < -0.4 is 4.90 Å². The third-order valence-electron chi connectivity index (χ3n) is 4.95. The third kappa shape index (κ3) is 3.22. The molecular formula is C17H23ClN4. The van der Waals surface area contributed by atoms with Crippen LogP contribution in [0.5, 0.6) is 0 Å². The smallest absolute Gasteiger partial charge is 0.101 e. The fourth-order valence-electron chi connectivity index (χ4n) is 3.56. The Balaban J connectivity index is 1.66. The number of hydrogen-bond donors (Lipinski definition) is 0. The summed E-state index contributed by atoms with van der Waals surface area (Å²) in [5.74, 6) is 0. The molecule has 0 radical (unpaired) electrons. The molecule has 2 fully saturated rings. The molecule has 4 nitrogen and oxygen atoms in total. The molecule has 2 aliphatic heterocycles. The predicted octanol–water partition coefficient (Wildman–Crippen LogP) is 2.43. The van der Waals surface area contributed by atoms with Crippen LogP contribution in [0.2, 0.25) is 5.02 Å². The lowest BCUT2D eigenvalue weighted by molar-refractivity contribution is 0.107. The zero-order valence-corrected chi connectivity index (χ0v) is 13.9. The van der Waals surface area contributed by atoms with E-state index in [4.69, 9.17) is 11.6 Å². The molecule has 3 rings (SSSR count). The summed E-state index contributed by atoms with van der Waals surface area (Å²) in [5, 5.41) is 10.0. The van der Waals surface area contributed by atoms with Crippen molar-refractivity contribution in [1.82, 2.24) is 9.80 Å². The van der Waals surface area contributed by atoms with Gasteiger partial charge in [0.15, 0.2) is 0 Å². The molecule has 0 saturated carbocycles. The molecule has 2 saturated heterocycles. The summed E-state index contributed by atoms with van der Waals surface area (Å²) in [7, 11) is 0. The Labute approximate surface area is 137 Å². The molecule has 5 heteroatoms. The summed E-state index contributed by atoms with van der Waals surface area (Å²) in [6.07, 6.45) is 1.17. The van der Waals surface area contributed by atoms with Gasteiger partial charge in [0.25, 0.3) is 0 Å². The molecule has 1 aromatic rings. The van der Waals surface area contributed by atoms with Crippen LogP contribution in [-0.4, -0.2) is 61.7 Å². The molecule has 1 unspecified atom stereocenters. The lowest BCUT2D eigenvalue weighted by Gasteiger charge is -2.37. The summed E-state index contributed by atoms with van der Waals surface area (Å²) in [6.45, 7) is 10.1. The number of halogens is 1. The Morgan fingerprint density at radius 3 is 2.68 bits per heavy atom. The summed E-state index contributed by atoms with van der Waals surface area (Å²) in [6, 6.07) is 8.43.